The monoisotopic (exact) mass is 133 g/mol. The average molecular weight is 134 g/mol. The van der Waals surface area contributed by atoms with Crippen molar-refractivity contribution in [1.29, 1.82) is 0 Å². The van der Waals surface area contributed by atoms with Crippen molar-refractivity contribution in [2.45, 2.75) is 6.42 Å². The molecule has 1 amide bonds. The maximum absolute atomic E-state index is 10.4. The third kappa shape index (κ3) is 1.13. The SMILES string of the molecule is O=C1CC(CCl)CN1. The minimum atomic E-state index is 0.135. The molecule has 1 unspecified atom stereocenters. The van der Waals surface area contributed by atoms with Crippen LogP contribution in [-0.2, 0) is 4.79 Å². The topological polar surface area (TPSA) is 29.1 Å². The van der Waals surface area contributed by atoms with Crippen molar-refractivity contribution in [3.05, 3.63) is 0 Å². The second-order valence-corrected chi connectivity index (χ2v) is 2.34. The molecule has 1 atom stereocenters. The van der Waals surface area contributed by atoms with E-state index in [-0.39, 0.29) is 5.91 Å². The molecule has 1 N–H and O–H groups in total. The van der Waals surface area contributed by atoms with E-state index in [9.17, 15) is 4.79 Å². The van der Waals surface area contributed by atoms with Crippen molar-refractivity contribution < 1.29 is 4.79 Å². The summed E-state index contributed by atoms with van der Waals surface area (Å²) < 4.78 is 0. The maximum Gasteiger partial charge on any atom is 0.220 e. The van der Waals surface area contributed by atoms with Crippen molar-refractivity contribution in [1.82, 2.24) is 5.32 Å². The molecule has 0 bridgehead atoms. The summed E-state index contributed by atoms with van der Waals surface area (Å²) in [6.07, 6.45) is 0.615. The molecule has 0 saturated carbocycles. The first-order chi connectivity index (χ1) is 3.83. The highest BCUT2D eigenvalue weighted by molar-refractivity contribution is 6.18. The van der Waals surface area contributed by atoms with E-state index in [2.05, 4.69) is 5.32 Å². The highest BCUT2D eigenvalue weighted by Gasteiger charge is 2.19. The highest BCUT2D eigenvalue weighted by Crippen LogP contribution is 2.09. The number of carbonyl (C=O) groups is 1. The Morgan fingerprint density at radius 1 is 1.88 bits per heavy atom. The lowest BCUT2D eigenvalue weighted by molar-refractivity contribution is -0.119. The first kappa shape index (κ1) is 5.89. The lowest BCUT2D eigenvalue weighted by Gasteiger charge is -1.95. The zero-order valence-corrected chi connectivity index (χ0v) is 5.24. The summed E-state index contributed by atoms with van der Waals surface area (Å²) in [6.45, 7) is 0.766. The van der Waals surface area contributed by atoms with E-state index in [0.717, 1.165) is 6.54 Å². The fourth-order valence-corrected chi connectivity index (χ4v) is 0.992. The van der Waals surface area contributed by atoms with Gasteiger partial charge in [0.05, 0.1) is 0 Å². The number of carbonyl (C=O) groups excluding carboxylic acids is 1. The van der Waals surface area contributed by atoms with Crippen LogP contribution in [0.2, 0.25) is 0 Å². The van der Waals surface area contributed by atoms with Gasteiger partial charge in [-0.05, 0) is 5.92 Å². The minimum Gasteiger partial charge on any atom is -0.356 e. The van der Waals surface area contributed by atoms with Gasteiger partial charge in [-0.2, -0.15) is 0 Å². The molecule has 46 valence electrons. The Labute approximate surface area is 53.2 Å². The molecule has 0 spiro atoms. The van der Waals surface area contributed by atoms with Gasteiger partial charge in [0, 0.05) is 18.8 Å². The second-order valence-electron chi connectivity index (χ2n) is 2.03. The van der Waals surface area contributed by atoms with Gasteiger partial charge in [0.2, 0.25) is 5.91 Å². The summed E-state index contributed by atoms with van der Waals surface area (Å²) in [5.74, 6) is 1.11. The first-order valence-corrected chi connectivity index (χ1v) is 3.19. The number of amides is 1. The van der Waals surface area contributed by atoms with Crippen LogP contribution in [0.25, 0.3) is 0 Å². The summed E-state index contributed by atoms with van der Waals surface area (Å²) in [7, 11) is 0. The smallest absolute Gasteiger partial charge is 0.220 e. The summed E-state index contributed by atoms with van der Waals surface area (Å²) in [4.78, 5) is 10.4. The molecule has 0 aromatic carbocycles. The Bertz CT molecular complexity index is 105. The Morgan fingerprint density at radius 3 is 2.88 bits per heavy atom. The zero-order valence-electron chi connectivity index (χ0n) is 4.48. The molecular formula is C5H8ClNO. The largest absolute Gasteiger partial charge is 0.356 e. The number of hydrogen-bond donors (Lipinski definition) is 1. The van der Waals surface area contributed by atoms with Crippen LogP contribution in [0.1, 0.15) is 6.42 Å². The lowest BCUT2D eigenvalue weighted by atomic mass is 10.2. The normalized spacial score (nSPS) is 28.1. The van der Waals surface area contributed by atoms with Gasteiger partial charge in [0.15, 0.2) is 0 Å². The molecule has 3 heteroatoms. The number of rotatable bonds is 1. The number of nitrogens with one attached hydrogen (secondary N) is 1. The van der Waals surface area contributed by atoms with E-state index in [4.69, 9.17) is 11.6 Å². The van der Waals surface area contributed by atoms with Gasteiger partial charge in [0.25, 0.3) is 0 Å². The quantitative estimate of drug-likeness (QED) is 0.515. The standard InChI is InChI=1S/C5H8ClNO/c6-2-4-1-5(8)7-3-4/h4H,1-3H2,(H,7,8). The van der Waals surface area contributed by atoms with Crippen LogP contribution in [-0.4, -0.2) is 18.3 Å². The van der Waals surface area contributed by atoms with Crippen LogP contribution in [0.5, 0.6) is 0 Å². The van der Waals surface area contributed by atoms with Crippen molar-refractivity contribution >= 4 is 17.5 Å². The maximum atomic E-state index is 10.4. The molecule has 0 aromatic heterocycles. The van der Waals surface area contributed by atoms with Crippen LogP contribution in [0.4, 0.5) is 0 Å². The van der Waals surface area contributed by atoms with Crippen LogP contribution in [0.3, 0.4) is 0 Å². The first-order valence-electron chi connectivity index (χ1n) is 2.65. The van der Waals surface area contributed by atoms with E-state index in [0.29, 0.717) is 18.2 Å². The molecule has 1 aliphatic rings. The van der Waals surface area contributed by atoms with Gasteiger partial charge >= 0.3 is 0 Å². The van der Waals surface area contributed by atoms with E-state index in [1.165, 1.54) is 0 Å². The van der Waals surface area contributed by atoms with Gasteiger partial charge in [-0.15, -0.1) is 11.6 Å². The summed E-state index contributed by atoms with van der Waals surface area (Å²) in [5.41, 5.74) is 0. The van der Waals surface area contributed by atoms with E-state index < -0.39 is 0 Å². The van der Waals surface area contributed by atoms with Gasteiger partial charge in [-0.3, -0.25) is 4.79 Å². The number of alkyl halides is 1. The predicted molar refractivity (Wildman–Crippen MR) is 31.8 cm³/mol. The molecular weight excluding hydrogens is 126 g/mol. The van der Waals surface area contributed by atoms with Crippen LogP contribution in [0.15, 0.2) is 0 Å². The Balaban J connectivity index is 2.32. The molecule has 1 aliphatic heterocycles. The van der Waals surface area contributed by atoms with Crippen LogP contribution >= 0.6 is 11.6 Å². The van der Waals surface area contributed by atoms with Gasteiger partial charge < -0.3 is 5.32 Å². The van der Waals surface area contributed by atoms with Crippen molar-refractivity contribution in [2.75, 3.05) is 12.4 Å². The third-order valence-electron chi connectivity index (χ3n) is 1.28. The van der Waals surface area contributed by atoms with Crippen molar-refractivity contribution in [2.24, 2.45) is 5.92 Å². The predicted octanol–water partition coefficient (Wildman–Crippen LogP) is 0.361. The second kappa shape index (κ2) is 2.35. The van der Waals surface area contributed by atoms with Gasteiger partial charge in [0.1, 0.15) is 0 Å². The molecule has 0 aliphatic carbocycles. The summed E-state index contributed by atoms with van der Waals surface area (Å²) in [5, 5.41) is 2.70. The van der Waals surface area contributed by atoms with Crippen LogP contribution in [0, 0.1) is 5.92 Å². The number of hydrogen-bond acceptors (Lipinski definition) is 1. The number of halogens is 1. The van der Waals surface area contributed by atoms with Crippen molar-refractivity contribution in [3.8, 4) is 0 Å². The molecule has 1 heterocycles. The molecule has 1 rings (SSSR count). The Kier molecular flexibility index (Phi) is 1.73. The molecule has 2 nitrogen and oxygen atoms in total. The fraction of sp³-hybridized carbons (Fsp3) is 0.800. The zero-order chi connectivity index (χ0) is 5.98. The third-order valence-corrected chi connectivity index (χ3v) is 1.72. The summed E-state index contributed by atoms with van der Waals surface area (Å²) >= 11 is 5.48. The molecule has 1 fully saturated rings. The molecule has 8 heavy (non-hydrogen) atoms. The Hall–Kier alpha value is -0.240. The molecule has 0 radical (unpaired) electrons. The molecule has 0 aromatic rings. The van der Waals surface area contributed by atoms with Crippen molar-refractivity contribution in [3.63, 3.8) is 0 Å². The lowest BCUT2D eigenvalue weighted by Crippen LogP contribution is -2.14. The van der Waals surface area contributed by atoms with E-state index >= 15 is 0 Å². The minimum absolute atomic E-state index is 0.135. The van der Waals surface area contributed by atoms with E-state index in [1.54, 1.807) is 0 Å². The highest BCUT2D eigenvalue weighted by atomic mass is 35.5. The van der Waals surface area contributed by atoms with Crippen LogP contribution < -0.4 is 5.32 Å². The fourth-order valence-electron chi connectivity index (χ4n) is 0.774. The van der Waals surface area contributed by atoms with Gasteiger partial charge in [-0.25, -0.2) is 0 Å². The Morgan fingerprint density at radius 2 is 2.62 bits per heavy atom. The average Bonchev–Trinajstić information content (AvgIpc) is 2.14. The van der Waals surface area contributed by atoms with Gasteiger partial charge in [-0.1, -0.05) is 0 Å². The summed E-state index contributed by atoms with van der Waals surface area (Å²) in [6, 6.07) is 0. The van der Waals surface area contributed by atoms with E-state index in [1.807, 2.05) is 0 Å². The molecule has 1 saturated heterocycles.